The molecule has 7 heteroatoms. The van der Waals surface area contributed by atoms with E-state index < -0.39 is 0 Å². The zero-order valence-electron chi connectivity index (χ0n) is 13.2. The van der Waals surface area contributed by atoms with E-state index in [0.717, 1.165) is 29.4 Å². The molecule has 1 aliphatic heterocycles. The summed E-state index contributed by atoms with van der Waals surface area (Å²) in [4.78, 5) is 15.1. The molecule has 0 saturated carbocycles. The zero-order chi connectivity index (χ0) is 16.4. The quantitative estimate of drug-likeness (QED) is 0.859. The summed E-state index contributed by atoms with van der Waals surface area (Å²) in [5.74, 6) is 0.345. The van der Waals surface area contributed by atoms with Crippen molar-refractivity contribution >= 4 is 39.8 Å². The predicted molar refractivity (Wildman–Crippen MR) is 95.9 cm³/mol. The Kier molecular flexibility index (Phi) is 4.87. The molecular weight excluding hydrogens is 328 g/mol. The lowest BCUT2D eigenvalue weighted by Gasteiger charge is -2.33. The first-order valence-corrected chi connectivity index (χ1v) is 9.41. The molecule has 122 valence electrons. The Labute approximate surface area is 144 Å². The summed E-state index contributed by atoms with van der Waals surface area (Å²) in [7, 11) is 0. The fourth-order valence-corrected chi connectivity index (χ4v) is 4.67. The Morgan fingerprint density at radius 3 is 2.83 bits per heavy atom. The number of amides is 1. The maximum atomic E-state index is 13.1. The van der Waals surface area contributed by atoms with Crippen LogP contribution >= 0.6 is 23.1 Å². The number of nitrogens with zero attached hydrogens (tertiary/aromatic N) is 3. The number of thioether (sulfide) groups is 1. The number of anilines is 2. The monoisotopic (exact) mass is 348 g/mol. The van der Waals surface area contributed by atoms with Crippen LogP contribution in [-0.4, -0.2) is 27.9 Å². The van der Waals surface area contributed by atoms with Crippen molar-refractivity contribution in [2.75, 3.05) is 17.2 Å². The van der Waals surface area contributed by atoms with Crippen molar-refractivity contribution in [2.24, 2.45) is 5.92 Å². The van der Waals surface area contributed by atoms with Crippen LogP contribution in [0.5, 0.6) is 0 Å². The average Bonchev–Trinajstić information content (AvgIpc) is 2.96. The highest BCUT2D eigenvalue weighted by Gasteiger charge is 2.32. The van der Waals surface area contributed by atoms with Gasteiger partial charge in [0, 0.05) is 12.2 Å². The van der Waals surface area contributed by atoms with Crippen molar-refractivity contribution in [3.8, 4) is 0 Å². The number of nitrogens with two attached hydrogens (primary N) is 1. The molecule has 1 unspecified atom stereocenters. The first kappa shape index (κ1) is 16.3. The molecule has 0 bridgehead atoms. The van der Waals surface area contributed by atoms with Crippen LogP contribution in [0, 0.1) is 5.92 Å². The molecule has 1 atom stereocenters. The Hall–Kier alpha value is -1.60. The van der Waals surface area contributed by atoms with Crippen molar-refractivity contribution < 1.29 is 4.79 Å². The Morgan fingerprint density at radius 2 is 2.13 bits per heavy atom. The third-order valence-electron chi connectivity index (χ3n) is 3.88. The van der Waals surface area contributed by atoms with Gasteiger partial charge in [0.15, 0.2) is 4.34 Å². The van der Waals surface area contributed by atoms with Crippen LogP contribution in [-0.2, 0) is 11.2 Å². The molecule has 0 spiro atoms. The molecule has 2 heterocycles. The number of hydrogen-bond donors (Lipinski definition) is 1. The summed E-state index contributed by atoms with van der Waals surface area (Å²) < 4.78 is 0.750. The SMILES string of the molecule is CC(C)C(Sc1nnc(N)s1)C(=O)N1CCCc2ccccc21. The van der Waals surface area contributed by atoms with Crippen molar-refractivity contribution in [3.63, 3.8) is 0 Å². The number of carbonyl (C=O) groups excluding carboxylic acids is 1. The van der Waals surface area contributed by atoms with Gasteiger partial charge in [-0.25, -0.2) is 0 Å². The summed E-state index contributed by atoms with van der Waals surface area (Å²) in [5, 5.41) is 8.13. The van der Waals surface area contributed by atoms with E-state index in [1.807, 2.05) is 23.1 Å². The fraction of sp³-hybridized carbons (Fsp3) is 0.438. The summed E-state index contributed by atoms with van der Waals surface area (Å²) in [5.41, 5.74) is 7.95. The highest BCUT2D eigenvalue weighted by molar-refractivity contribution is 8.02. The Morgan fingerprint density at radius 1 is 1.35 bits per heavy atom. The number of hydrogen-bond acceptors (Lipinski definition) is 6. The van der Waals surface area contributed by atoms with E-state index in [1.165, 1.54) is 28.7 Å². The average molecular weight is 348 g/mol. The van der Waals surface area contributed by atoms with Crippen molar-refractivity contribution in [3.05, 3.63) is 29.8 Å². The lowest BCUT2D eigenvalue weighted by Crippen LogP contribution is -2.42. The second-order valence-corrected chi connectivity index (χ2v) is 8.31. The molecular formula is C16H20N4OS2. The number of para-hydroxylation sites is 1. The maximum absolute atomic E-state index is 13.1. The minimum Gasteiger partial charge on any atom is -0.374 e. The van der Waals surface area contributed by atoms with Gasteiger partial charge in [-0.2, -0.15) is 0 Å². The molecule has 0 fully saturated rings. The zero-order valence-corrected chi connectivity index (χ0v) is 14.9. The summed E-state index contributed by atoms with van der Waals surface area (Å²) in [6.07, 6.45) is 2.04. The van der Waals surface area contributed by atoms with E-state index in [4.69, 9.17) is 5.73 Å². The molecule has 0 saturated heterocycles. The summed E-state index contributed by atoms with van der Waals surface area (Å²) in [6, 6.07) is 8.17. The molecule has 23 heavy (non-hydrogen) atoms. The van der Waals surface area contributed by atoms with Gasteiger partial charge in [-0.15, -0.1) is 10.2 Å². The molecule has 1 aromatic heterocycles. The van der Waals surface area contributed by atoms with Crippen LogP contribution in [0.2, 0.25) is 0 Å². The lowest BCUT2D eigenvalue weighted by molar-refractivity contribution is -0.118. The second-order valence-electron chi connectivity index (χ2n) is 5.91. The first-order chi connectivity index (χ1) is 11.1. The minimum absolute atomic E-state index is 0.144. The smallest absolute Gasteiger partial charge is 0.240 e. The molecule has 5 nitrogen and oxygen atoms in total. The van der Waals surface area contributed by atoms with Gasteiger partial charge in [0.25, 0.3) is 0 Å². The van der Waals surface area contributed by atoms with E-state index in [0.29, 0.717) is 5.13 Å². The van der Waals surface area contributed by atoms with Crippen molar-refractivity contribution in [1.29, 1.82) is 0 Å². The maximum Gasteiger partial charge on any atom is 0.240 e. The number of carbonyl (C=O) groups is 1. The number of nitrogen functional groups attached to an aromatic ring is 1. The highest BCUT2D eigenvalue weighted by atomic mass is 32.2. The van der Waals surface area contributed by atoms with Crippen LogP contribution in [0.4, 0.5) is 10.8 Å². The van der Waals surface area contributed by atoms with Crippen LogP contribution in [0.3, 0.4) is 0 Å². The Bertz CT molecular complexity index is 701. The van der Waals surface area contributed by atoms with Gasteiger partial charge >= 0.3 is 0 Å². The molecule has 1 aliphatic rings. The third kappa shape index (κ3) is 3.50. The molecule has 1 aromatic carbocycles. The topological polar surface area (TPSA) is 72.1 Å². The number of aromatic nitrogens is 2. The van der Waals surface area contributed by atoms with Crippen LogP contribution < -0.4 is 10.6 Å². The molecule has 1 amide bonds. The predicted octanol–water partition coefficient (Wildman–Crippen LogP) is 3.22. The van der Waals surface area contributed by atoms with Crippen LogP contribution in [0.15, 0.2) is 28.6 Å². The molecule has 3 rings (SSSR count). The van der Waals surface area contributed by atoms with Crippen molar-refractivity contribution in [2.45, 2.75) is 36.3 Å². The first-order valence-electron chi connectivity index (χ1n) is 7.71. The van der Waals surface area contributed by atoms with E-state index in [2.05, 4.69) is 30.1 Å². The number of rotatable bonds is 4. The molecule has 2 N–H and O–H groups in total. The second kappa shape index (κ2) is 6.88. The van der Waals surface area contributed by atoms with Crippen LogP contribution in [0.1, 0.15) is 25.8 Å². The van der Waals surface area contributed by atoms with Gasteiger partial charge in [-0.1, -0.05) is 55.1 Å². The van der Waals surface area contributed by atoms with E-state index >= 15 is 0 Å². The number of benzene rings is 1. The van der Waals surface area contributed by atoms with Gasteiger partial charge in [0.1, 0.15) is 0 Å². The summed E-state index contributed by atoms with van der Waals surface area (Å²) >= 11 is 2.80. The molecule has 2 aromatic rings. The van der Waals surface area contributed by atoms with Gasteiger partial charge in [-0.05, 0) is 30.4 Å². The number of fused-ring (bicyclic) bond motifs is 1. The Balaban J connectivity index is 1.84. The van der Waals surface area contributed by atoms with Crippen molar-refractivity contribution in [1.82, 2.24) is 10.2 Å². The summed E-state index contributed by atoms with van der Waals surface area (Å²) in [6.45, 7) is 4.91. The van der Waals surface area contributed by atoms with E-state index in [9.17, 15) is 4.79 Å². The highest BCUT2D eigenvalue weighted by Crippen LogP contribution is 2.35. The number of aryl methyl sites for hydroxylation is 1. The van der Waals surface area contributed by atoms with E-state index in [1.54, 1.807) is 0 Å². The van der Waals surface area contributed by atoms with Gasteiger partial charge in [0.05, 0.1) is 5.25 Å². The minimum atomic E-state index is -0.187. The van der Waals surface area contributed by atoms with Gasteiger partial charge in [-0.3, -0.25) is 4.79 Å². The largest absolute Gasteiger partial charge is 0.374 e. The fourth-order valence-electron chi connectivity index (χ4n) is 2.76. The molecule has 0 radical (unpaired) electrons. The van der Waals surface area contributed by atoms with Crippen LogP contribution in [0.25, 0.3) is 0 Å². The van der Waals surface area contributed by atoms with Gasteiger partial charge in [0.2, 0.25) is 11.0 Å². The third-order valence-corrected chi connectivity index (χ3v) is 6.24. The normalized spacial score (nSPS) is 15.5. The van der Waals surface area contributed by atoms with E-state index in [-0.39, 0.29) is 17.1 Å². The lowest BCUT2D eigenvalue weighted by atomic mass is 10.0. The standard InChI is InChI=1S/C16H20N4OS2/c1-10(2)13(22-16-19-18-15(17)23-16)14(21)20-9-5-7-11-6-3-4-8-12(11)20/h3-4,6,8,10,13H,5,7,9H2,1-2H3,(H2,17,18). The van der Waals surface area contributed by atoms with Gasteiger partial charge < -0.3 is 10.6 Å². The molecule has 0 aliphatic carbocycles.